The van der Waals surface area contributed by atoms with Crippen LogP contribution in [-0.2, 0) is 16.1 Å². The molecule has 1 saturated carbocycles. The molecule has 21 heavy (non-hydrogen) atoms. The van der Waals surface area contributed by atoms with Gasteiger partial charge in [-0.1, -0.05) is 6.92 Å². The molecule has 6 heteroatoms. The molecule has 1 aromatic rings. The first-order chi connectivity index (χ1) is 10.3. The number of hydrogen-bond donors (Lipinski definition) is 1. The second-order valence-electron chi connectivity index (χ2n) is 5.30. The zero-order valence-corrected chi connectivity index (χ0v) is 13.3. The molecule has 0 atom stereocenters. The Hall–Kier alpha value is -1.40. The zero-order chi connectivity index (χ0) is 15.1. The Labute approximate surface area is 126 Å². The van der Waals surface area contributed by atoms with Gasteiger partial charge in [0.2, 0.25) is 0 Å². The van der Waals surface area contributed by atoms with Gasteiger partial charge in [0.1, 0.15) is 18.2 Å². The molecule has 118 valence electrons. The predicted molar refractivity (Wildman–Crippen MR) is 83.8 cm³/mol. The quantitative estimate of drug-likeness (QED) is 0.713. The van der Waals surface area contributed by atoms with E-state index in [1.807, 2.05) is 6.07 Å². The highest BCUT2D eigenvalue weighted by Gasteiger charge is 2.30. The van der Waals surface area contributed by atoms with Crippen molar-refractivity contribution in [3.05, 3.63) is 11.9 Å². The van der Waals surface area contributed by atoms with Gasteiger partial charge in [0, 0.05) is 39.4 Å². The highest BCUT2D eigenvalue weighted by molar-refractivity contribution is 5.51. The van der Waals surface area contributed by atoms with Gasteiger partial charge in [-0.15, -0.1) is 0 Å². The number of nitrogens with one attached hydrogen (secondary N) is 1. The second kappa shape index (κ2) is 8.14. The first-order valence-corrected chi connectivity index (χ1v) is 7.64. The lowest BCUT2D eigenvalue weighted by Crippen LogP contribution is -2.30. The highest BCUT2D eigenvalue weighted by Crippen LogP contribution is 2.31. The van der Waals surface area contributed by atoms with E-state index >= 15 is 0 Å². The topological polar surface area (TPSA) is 59.5 Å². The molecular formula is C15H26N4O2. The monoisotopic (exact) mass is 294 g/mol. The van der Waals surface area contributed by atoms with Crippen molar-refractivity contribution in [3.8, 4) is 0 Å². The lowest BCUT2D eigenvalue weighted by molar-refractivity contribution is 0.178. The van der Waals surface area contributed by atoms with E-state index in [1.54, 1.807) is 14.2 Å². The smallest absolute Gasteiger partial charge is 0.158 e. The van der Waals surface area contributed by atoms with Gasteiger partial charge < -0.3 is 19.7 Å². The molecule has 1 N–H and O–H groups in total. The summed E-state index contributed by atoms with van der Waals surface area (Å²) in [5.74, 6) is 2.56. The van der Waals surface area contributed by atoms with Gasteiger partial charge in [-0.3, -0.25) is 0 Å². The van der Waals surface area contributed by atoms with Gasteiger partial charge in [0.15, 0.2) is 5.82 Å². The van der Waals surface area contributed by atoms with Crippen LogP contribution in [0.15, 0.2) is 6.07 Å². The fraction of sp³-hybridized carbons (Fsp3) is 0.733. The lowest BCUT2D eigenvalue weighted by atomic mass is 10.4. The van der Waals surface area contributed by atoms with Crippen molar-refractivity contribution in [2.75, 3.05) is 44.1 Å². The first-order valence-electron chi connectivity index (χ1n) is 7.64. The van der Waals surface area contributed by atoms with Crippen LogP contribution >= 0.6 is 0 Å². The molecule has 0 aromatic carbocycles. The van der Waals surface area contributed by atoms with Crippen molar-refractivity contribution in [1.29, 1.82) is 0 Å². The standard InChI is InChI=1S/C15H26N4O2/c1-4-7-16-13-10-15(18-14(17-13)11-21-3)19(8-9-20-2)12-5-6-12/h10,12H,4-9,11H2,1-3H3,(H,16,17,18). The molecule has 0 spiro atoms. The van der Waals surface area contributed by atoms with Gasteiger partial charge in [0.05, 0.1) is 6.61 Å². The molecule has 0 radical (unpaired) electrons. The molecule has 0 bridgehead atoms. The normalized spacial score (nSPS) is 14.2. The summed E-state index contributed by atoms with van der Waals surface area (Å²) in [6.07, 6.45) is 3.52. The average molecular weight is 294 g/mol. The molecule has 6 nitrogen and oxygen atoms in total. The highest BCUT2D eigenvalue weighted by atomic mass is 16.5. The van der Waals surface area contributed by atoms with Crippen LogP contribution in [0.5, 0.6) is 0 Å². The number of anilines is 2. The molecule has 0 saturated heterocycles. The molecule has 0 unspecified atom stereocenters. The summed E-state index contributed by atoms with van der Waals surface area (Å²) in [5, 5.41) is 3.34. The van der Waals surface area contributed by atoms with Gasteiger partial charge in [-0.2, -0.15) is 0 Å². The van der Waals surface area contributed by atoms with Gasteiger partial charge in [-0.25, -0.2) is 9.97 Å². The summed E-state index contributed by atoms with van der Waals surface area (Å²) in [5.41, 5.74) is 0. The molecule has 1 aliphatic rings. The molecule has 0 amide bonds. The SMILES string of the molecule is CCCNc1cc(N(CCOC)C2CC2)nc(COC)n1. The summed E-state index contributed by atoms with van der Waals surface area (Å²) < 4.78 is 10.4. The molecule has 1 aliphatic carbocycles. The average Bonchev–Trinajstić information content (AvgIpc) is 3.30. The Morgan fingerprint density at radius 3 is 2.71 bits per heavy atom. The maximum Gasteiger partial charge on any atom is 0.158 e. The second-order valence-corrected chi connectivity index (χ2v) is 5.30. The molecule has 0 aliphatic heterocycles. The molecule has 1 heterocycles. The van der Waals surface area contributed by atoms with Gasteiger partial charge in [-0.05, 0) is 19.3 Å². The number of rotatable bonds is 10. The molecule has 1 aromatic heterocycles. The van der Waals surface area contributed by atoms with Gasteiger partial charge in [0.25, 0.3) is 0 Å². The third kappa shape index (κ3) is 4.82. The lowest BCUT2D eigenvalue weighted by Gasteiger charge is -2.24. The van der Waals surface area contributed by atoms with E-state index in [0.717, 1.165) is 37.0 Å². The minimum absolute atomic E-state index is 0.428. The predicted octanol–water partition coefficient (Wildman–Crippen LogP) is 2.06. The van der Waals surface area contributed by atoms with E-state index in [1.165, 1.54) is 12.8 Å². The van der Waals surface area contributed by atoms with Crippen molar-refractivity contribution in [2.24, 2.45) is 0 Å². The van der Waals surface area contributed by atoms with E-state index in [0.29, 0.717) is 19.3 Å². The summed E-state index contributed by atoms with van der Waals surface area (Å²) in [4.78, 5) is 11.5. The first kappa shape index (κ1) is 16.0. The summed E-state index contributed by atoms with van der Waals surface area (Å²) >= 11 is 0. The maximum absolute atomic E-state index is 5.22. The zero-order valence-electron chi connectivity index (χ0n) is 13.3. The van der Waals surface area contributed by atoms with Crippen LogP contribution in [0.2, 0.25) is 0 Å². The van der Waals surface area contributed by atoms with E-state index in [-0.39, 0.29) is 0 Å². The molecule has 1 fully saturated rings. The van der Waals surface area contributed by atoms with Crippen LogP contribution in [-0.4, -0.2) is 49.9 Å². The largest absolute Gasteiger partial charge is 0.383 e. The van der Waals surface area contributed by atoms with Crippen molar-refractivity contribution < 1.29 is 9.47 Å². The fourth-order valence-corrected chi connectivity index (χ4v) is 2.23. The number of ether oxygens (including phenoxy) is 2. The Balaban J connectivity index is 2.19. The fourth-order valence-electron chi connectivity index (χ4n) is 2.23. The van der Waals surface area contributed by atoms with E-state index in [9.17, 15) is 0 Å². The van der Waals surface area contributed by atoms with Crippen LogP contribution in [0.4, 0.5) is 11.6 Å². The van der Waals surface area contributed by atoms with E-state index in [4.69, 9.17) is 9.47 Å². The Morgan fingerprint density at radius 2 is 2.10 bits per heavy atom. The number of methoxy groups -OCH3 is 2. The van der Waals surface area contributed by atoms with Crippen LogP contribution in [0, 0.1) is 0 Å². The summed E-state index contributed by atoms with van der Waals surface area (Å²) in [6, 6.07) is 2.62. The Bertz CT molecular complexity index is 438. The molecule has 2 rings (SSSR count). The van der Waals surface area contributed by atoms with E-state index in [2.05, 4.69) is 27.1 Å². The maximum atomic E-state index is 5.22. The minimum Gasteiger partial charge on any atom is -0.383 e. The Morgan fingerprint density at radius 1 is 1.29 bits per heavy atom. The van der Waals surface area contributed by atoms with Crippen molar-refractivity contribution in [2.45, 2.75) is 38.8 Å². The number of nitrogens with zero attached hydrogens (tertiary/aromatic N) is 3. The van der Waals surface area contributed by atoms with Gasteiger partial charge >= 0.3 is 0 Å². The molecular weight excluding hydrogens is 268 g/mol. The number of aromatic nitrogens is 2. The van der Waals surface area contributed by atoms with Crippen molar-refractivity contribution >= 4 is 11.6 Å². The third-order valence-electron chi connectivity index (χ3n) is 3.41. The summed E-state index contributed by atoms with van der Waals surface area (Å²) in [6.45, 7) is 5.04. The third-order valence-corrected chi connectivity index (χ3v) is 3.41. The Kier molecular flexibility index (Phi) is 6.20. The number of hydrogen-bond acceptors (Lipinski definition) is 6. The summed E-state index contributed by atoms with van der Waals surface area (Å²) in [7, 11) is 3.40. The van der Waals surface area contributed by atoms with E-state index < -0.39 is 0 Å². The van der Waals surface area contributed by atoms with Crippen LogP contribution in [0.3, 0.4) is 0 Å². The van der Waals surface area contributed by atoms with Crippen LogP contribution in [0.25, 0.3) is 0 Å². The van der Waals surface area contributed by atoms with Crippen LogP contribution < -0.4 is 10.2 Å². The van der Waals surface area contributed by atoms with Crippen molar-refractivity contribution in [3.63, 3.8) is 0 Å². The van der Waals surface area contributed by atoms with Crippen molar-refractivity contribution in [1.82, 2.24) is 9.97 Å². The van der Waals surface area contributed by atoms with Crippen LogP contribution in [0.1, 0.15) is 32.0 Å². The minimum atomic E-state index is 0.428.